The molecule has 0 aliphatic rings. The molecule has 0 aromatic heterocycles. The minimum Gasteiger partial charge on any atom is -0.483 e. The van der Waals surface area contributed by atoms with Crippen LogP contribution in [0.1, 0.15) is 34.1 Å². The van der Waals surface area contributed by atoms with Gasteiger partial charge in [-0.3, -0.25) is 0 Å². The van der Waals surface area contributed by atoms with Crippen molar-refractivity contribution in [3.05, 3.63) is 11.3 Å². The van der Waals surface area contributed by atoms with Crippen molar-refractivity contribution in [2.45, 2.75) is 40.2 Å². The number of hydrogen-bond donors (Lipinski definition) is 2. The number of ether oxygens (including phenoxy) is 1. The van der Waals surface area contributed by atoms with Crippen molar-refractivity contribution in [2.75, 3.05) is 0 Å². The third-order valence-corrected chi connectivity index (χ3v) is 2.14. The maximum Gasteiger partial charge on any atom is 0.371 e. The number of carboxylic acids is 2. The van der Waals surface area contributed by atoms with E-state index in [0.29, 0.717) is 6.42 Å². The van der Waals surface area contributed by atoms with Gasteiger partial charge in [0.2, 0.25) is 5.76 Å². The van der Waals surface area contributed by atoms with Crippen LogP contribution in [0.15, 0.2) is 11.3 Å². The van der Waals surface area contributed by atoms with Gasteiger partial charge in [-0.2, -0.15) is 0 Å². The van der Waals surface area contributed by atoms with E-state index in [1.54, 1.807) is 20.8 Å². The fourth-order valence-corrected chi connectivity index (χ4v) is 1.12. The molecule has 0 bridgehead atoms. The Bertz CT molecular complexity index is 303. The van der Waals surface area contributed by atoms with E-state index in [1.165, 1.54) is 0 Å². The van der Waals surface area contributed by atoms with Gasteiger partial charge in [-0.1, -0.05) is 20.8 Å². The molecule has 0 fully saturated rings. The van der Waals surface area contributed by atoms with E-state index in [9.17, 15) is 9.59 Å². The molecule has 0 spiro atoms. The number of carbonyl (C=O) groups is 2. The Balaban J connectivity index is 5.33. The van der Waals surface area contributed by atoms with Crippen molar-refractivity contribution >= 4 is 11.9 Å². The van der Waals surface area contributed by atoms with Gasteiger partial charge in [0.1, 0.15) is 0 Å². The van der Waals surface area contributed by atoms with Crippen molar-refractivity contribution < 1.29 is 24.5 Å². The first-order valence-electron chi connectivity index (χ1n) is 5.18. The van der Waals surface area contributed by atoms with Crippen LogP contribution in [0.5, 0.6) is 0 Å². The van der Waals surface area contributed by atoms with E-state index in [0.717, 1.165) is 0 Å². The minimum absolute atomic E-state index is 0.201. The van der Waals surface area contributed by atoms with Crippen molar-refractivity contribution in [1.29, 1.82) is 0 Å². The maximum absolute atomic E-state index is 11.0. The molecule has 0 saturated carbocycles. The zero-order valence-corrected chi connectivity index (χ0v) is 9.98. The van der Waals surface area contributed by atoms with Crippen LogP contribution in [0.4, 0.5) is 0 Å². The average molecular weight is 230 g/mol. The van der Waals surface area contributed by atoms with Gasteiger partial charge in [0.25, 0.3) is 0 Å². The van der Waals surface area contributed by atoms with E-state index < -0.39 is 23.6 Å². The number of rotatable bonds is 6. The number of aliphatic carboxylic acids is 2. The Hall–Kier alpha value is -1.52. The van der Waals surface area contributed by atoms with Crippen LogP contribution >= 0.6 is 0 Å². The van der Waals surface area contributed by atoms with Crippen molar-refractivity contribution in [3.8, 4) is 0 Å². The molecular formula is C11H18O5. The summed E-state index contributed by atoms with van der Waals surface area (Å²) in [7, 11) is 0. The van der Waals surface area contributed by atoms with E-state index in [-0.39, 0.29) is 11.7 Å². The van der Waals surface area contributed by atoms with Crippen LogP contribution in [0.3, 0.4) is 0 Å². The second-order valence-electron chi connectivity index (χ2n) is 3.84. The highest BCUT2D eigenvalue weighted by molar-refractivity contribution is 5.97. The van der Waals surface area contributed by atoms with Crippen LogP contribution in [-0.4, -0.2) is 28.3 Å². The fraction of sp³-hybridized carbons (Fsp3) is 0.636. The third kappa shape index (κ3) is 3.92. The molecule has 0 aliphatic heterocycles. The Morgan fingerprint density at radius 2 is 1.62 bits per heavy atom. The molecule has 0 rings (SSSR count). The smallest absolute Gasteiger partial charge is 0.371 e. The van der Waals surface area contributed by atoms with Crippen molar-refractivity contribution in [3.63, 3.8) is 0 Å². The quantitative estimate of drug-likeness (QED) is 0.537. The van der Waals surface area contributed by atoms with Crippen LogP contribution < -0.4 is 0 Å². The summed E-state index contributed by atoms with van der Waals surface area (Å²) in [6.45, 7) is 6.77. The van der Waals surface area contributed by atoms with Gasteiger partial charge in [-0.25, -0.2) is 9.59 Å². The highest BCUT2D eigenvalue weighted by atomic mass is 16.5. The van der Waals surface area contributed by atoms with Crippen molar-refractivity contribution in [1.82, 2.24) is 0 Å². The molecule has 0 heterocycles. The Kier molecular flexibility index (Phi) is 5.56. The SMILES string of the molecule is CCC(C)O/C(C(=O)O)=C(/C(=O)O)C(C)C. The first-order valence-corrected chi connectivity index (χ1v) is 5.18. The zero-order chi connectivity index (χ0) is 12.9. The summed E-state index contributed by atoms with van der Waals surface area (Å²) in [5, 5.41) is 17.9. The van der Waals surface area contributed by atoms with Gasteiger partial charge in [0.15, 0.2) is 0 Å². The second kappa shape index (κ2) is 6.15. The van der Waals surface area contributed by atoms with Gasteiger partial charge < -0.3 is 14.9 Å². The molecule has 92 valence electrons. The Labute approximate surface area is 94.7 Å². The predicted octanol–water partition coefficient (Wildman–Crippen LogP) is 1.88. The lowest BCUT2D eigenvalue weighted by molar-refractivity contribution is -0.140. The molecule has 2 N–H and O–H groups in total. The normalized spacial score (nSPS) is 14.3. The standard InChI is InChI=1S/C11H18O5/c1-5-7(4)16-9(11(14)15)8(6(2)3)10(12)13/h6-7H,5H2,1-4H3,(H,12,13)(H,14,15)/b9-8+. The molecule has 1 unspecified atom stereocenters. The molecule has 16 heavy (non-hydrogen) atoms. The molecule has 0 radical (unpaired) electrons. The summed E-state index contributed by atoms with van der Waals surface area (Å²) in [5.74, 6) is -3.47. The van der Waals surface area contributed by atoms with E-state index >= 15 is 0 Å². The minimum atomic E-state index is -1.34. The van der Waals surface area contributed by atoms with Gasteiger partial charge in [-0.15, -0.1) is 0 Å². The molecule has 0 aliphatic carbocycles. The molecule has 1 atom stereocenters. The van der Waals surface area contributed by atoms with Gasteiger partial charge in [-0.05, 0) is 19.3 Å². The van der Waals surface area contributed by atoms with Gasteiger partial charge in [0, 0.05) is 0 Å². The Morgan fingerprint density at radius 1 is 1.12 bits per heavy atom. The zero-order valence-electron chi connectivity index (χ0n) is 9.98. The molecule has 5 heteroatoms. The van der Waals surface area contributed by atoms with Crippen LogP contribution in [0, 0.1) is 5.92 Å². The number of hydrogen-bond acceptors (Lipinski definition) is 3. The highest BCUT2D eigenvalue weighted by Gasteiger charge is 2.25. The molecule has 5 nitrogen and oxygen atoms in total. The lowest BCUT2D eigenvalue weighted by Crippen LogP contribution is -2.20. The molecule has 0 aromatic rings. The summed E-state index contributed by atoms with van der Waals surface area (Å²) >= 11 is 0. The van der Waals surface area contributed by atoms with Gasteiger partial charge in [0.05, 0.1) is 11.7 Å². The van der Waals surface area contributed by atoms with E-state index in [2.05, 4.69) is 0 Å². The lowest BCUT2D eigenvalue weighted by atomic mass is 10.0. The summed E-state index contributed by atoms with van der Waals surface area (Å²) in [4.78, 5) is 21.9. The first-order chi connectivity index (χ1) is 7.31. The van der Waals surface area contributed by atoms with E-state index in [1.807, 2.05) is 6.92 Å². The Morgan fingerprint density at radius 3 is 1.88 bits per heavy atom. The summed E-state index contributed by atoms with van der Waals surface area (Å²) < 4.78 is 5.15. The highest BCUT2D eigenvalue weighted by Crippen LogP contribution is 2.19. The van der Waals surface area contributed by atoms with Crippen LogP contribution in [0.25, 0.3) is 0 Å². The second-order valence-corrected chi connectivity index (χ2v) is 3.84. The first kappa shape index (κ1) is 14.5. The topological polar surface area (TPSA) is 83.8 Å². The monoisotopic (exact) mass is 230 g/mol. The molecule has 0 aromatic carbocycles. The third-order valence-electron chi connectivity index (χ3n) is 2.14. The average Bonchev–Trinajstić information content (AvgIpc) is 2.14. The number of carboxylic acid groups (broad SMARTS) is 2. The van der Waals surface area contributed by atoms with Gasteiger partial charge >= 0.3 is 11.9 Å². The maximum atomic E-state index is 11.0. The van der Waals surface area contributed by atoms with Crippen molar-refractivity contribution in [2.24, 2.45) is 5.92 Å². The van der Waals surface area contributed by atoms with Crippen LogP contribution in [0.2, 0.25) is 0 Å². The van der Waals surface area contributed by atoms with E-state index in [4.69, 9.17) is 14.9 Å². The molecule has 0 amide bonds. The lowest BCUT2D eigenvalue weighted by Gasteiger charge is -2.17. The summed E-state index contributed by atoms with van der Waals surface area (Å²) in [5.41, 5.74) is -0.201. The van der Waals surface area contributed by atoms with Crippen LogP contribution in [-0.2, 0) is 14.3 Å². The molecule has 0 saturated heterocycles. The largest absolute Gasteiger partial charge is 0.483 e. The predicted molar refractivity (Wildman–Crippen MR) is 58.0 cm³/mol. The fourth-order valence-electron chi connectivity index (χ4n) is 1.12. The molecular weight excluding hydrogens is 212 g/mol. The summed E-state index contributed by atoms with van der Waals surface area (Å²) in [6.07, 6.45) is 0.293. The summed E-state index contributed by atoms with van der Waals surface area (Å²) in [6, 6.07) is 0.